The lowest BCUT2D eigenvalue weighted by molar-refractivity contribution is -0.240. The largest absolute Gasteiger partial charge is 0.497 e. The minimum absolute atomic E-state index is 0.0842. The van der Waals surface area contributed by atoms with Crippen LogP contribution in [-0.2, 0) is 12.1 Å². The van der Waals surface area contributed by atoms with Crippen LogP contribution in [0.15, 0.2) is 42.5 Å². The van der Waals surface area contributed by atoms with E-state index in [1.807, 2.05) is 13.8 Å². The maximum atomic E-state index is 13.8. The van der Waals surface area contributed by atoms with E-state index in [1.54, 1.807) is 31.4 Å². The van der Waals surface area contributed by atoms with Crippen molar-refractivity contribution in [2.75, 3.05) is 12.4 Å². The SMILES string of the molecule is CC.COc1ccc(CNc2ccc(Cl)cc2C(O)(C#CC2CC2)C(F)(F)F)cc1. The molecule has 2 N–H and O–H groups in total. The number of alkyl halides is 3. The Balaban J connectivity index is 0.00000155. The number of ether oxygens (including phenoxy) is 1. The molecule has 0 aliphatic heterocycles. The molecule has 7 heteroatoms. The fourth-order valence-corrected chi connectivity index (χ4v) is 2.81. The van der Waals surface area contributed by atoms with Gasteiger partial charge in [-0.15, -0.1) is 0 Å². The van der Waals surface area contributed by atoms with Crippen molar-refractivity contribution in [2.45, 2.75) is 45.0 Å². The normalized spacial score (nSPS) is 15.1. The summed E-state index contributed by atoms with van der Waals surface area (Å²) in [4.78, 5) is 0. The average Bonchev–Trinajstić information content (AvgIpc) is 3.56. The molecule has 0 radical (unpaired) electrons. The summed E-state index contributed by atoms with van der Waals surface area (Å²) in [5.41, 5.74) is -2.76. The van der Waals surface area contributed by atoms with Crippen molar-refractivity contribution in [1.29, 1.82) is 0 Å². The summed E-state index contributed by atoms with van der Waals surface area (Å²) in [6, 6.07) is 11.1. The number of hydrogen-bond acceptors (Lipinski definition) is 3. The number of hydrogen-bond donors (Lipinski definition) is 2. The molecule has 30 heavy (non-hydrogen) atoms. The fraction of sp³-hybridized carbons (Fsp3) is 0.391. The topological polar surface area (TPSA) is 41.5 Å². The molecule has 0 saturated heterocycles. The van der Waals surface area contributed by atoms with Crippen LogP contribution in [0, 0.1) is 17.8 Å². The Morgan fingerprint density at radius 1 is 1.13 bits per heavy atom. The third kappa shape index (κ3) is 5.84. The lowest BCUT2D eigenvalue weighted by Gasteiger charge is -2.28. The van der Waals surface area contributed by atoms with E-state index < -0.39 is 17.3 Å². The minimum Gasteiger partial charge on any atom is -0.497 e. The summed E-state index contributed by atoms with van der Waals surface area (Å²) >= 11 is 5.93. The summed E-state index contributed by atoms with van der Waals surface area (Å²) in [7, 11) is 1.55. The van der Waals surface area contributed by atoms with Crippen molar-refractivity contribution in [3.05, 3.63) is 58.6 Å². The first kappa shape index (κ1) is 23.9. The van der Waals surface area contributed by atoms with E-state index in [0.717, 1.165) is 24.5 Å². The molecule has 2 aromatic carbocycles. The third-order valence-corrected chi connectivity index (χ3v) is 4.69. The molecular weight excluding hydrogens is 415 g/mol. The van der Waals surface area contributed by atoms with Crippen LogP contribution in [0.5, 0.6) is 5.75 Å². The lowest BCUT2D eigenvalue weighted by atomic mass is 9.91. The summed E-state index contributed by atoms with van der Waals surface area (Å²) in [5.74, 6) is 5.18. The Hall–Kier alpha value is -2.36. The van der Waals surface area contributed by atoms with Crippen molar-refractivity contribution in [3.63, 3.8) is 0 Å². The standard InChI is InChI=1S/C21H19ClF3NO2.C2H6/c1-28-17-7-4-15(5-8-17)13-26-19-9-6-16(22)12-18(19)20(27,21(23,24)25)11-10-14-2-3-14;1-2/h4-9,12,14,26-27H,2-3,13H2,1H3;1-2H3. The minimum atomic E-state index is -4.98. The highest BCUT2D eigenvalue weighted by Crippen LogP contribution is 2.43. The van der Waals surface area contributed by atoms with Gasteiger partial charge in [0, 0.05) is 28.7 Å². The molecule has 1 unspecified atom stereocenters. The Labute approximate surface area is 180 Å². The van der Waals surface area contributed by atoms with E-state index in [9.17, 15) is 18.3 Å². The highest BCUT2D eigenvalue weighted by Gasteiger charge is 2.55. The first-order valence-corrected chi connectivity index (χ1v) is 10.1. The zero-order valence-electron chi connectivity index (χ0n) is 17.1. The van der Waals surface area contributed by atoms with Gasteiger partial charge in [0.25, 0.3) is 0 Å². The number of rotatable bonds is 5. The zero-order chi connectivity index (χ0) is 22.4. The molecule has 2 aromatic rings. The van der Waals surface area contributed by atoms with E-state index in [1.165, 1.54) is 12.1 Å². The smallest absolute Gasteiger partial charge is 0.433 e. The van der Waals surface area contributed by atoms with E-state index in [4.69, 9.17) is 16.3 Å². The molecule has 3 nitrogen and oxygen atoms in total. The maximum Gasteiger partial charge on any atom is 0.433 e. The molecule has 0 bridgehead atoms. The quantitative estimate of drug-likeness (QED) is 0.549. The molecule has 0 heterocycles. The van der Waals surface area contributed by atoms with E-state index in [-0.39, 0.29) is 23.2 Å². The molecule has 1 fully saturated rings. The van der Waals surface area contributed by atoms with Gasteiger partial charge in [-0.05, 0) is 48.7 Å². The van der Waals surface area contributed by atoms with Crippen molar-refractivity contribution in [3.8, 4) is 17.6 Å². The van der Waals surface area contributed by atoms with Crippen LogP contribution in [0.4, 0.5) is 18.9 Å². The second kappa shape index (κ2) is 10.1. The highest BCUT2D eigenvalue weighted by molar-refractivity contribution is 6.30. The third-order valence-electron chi connectivity index (χ3n) is 4.46. The Morgan fingerprint density at radius 2 is 1.77 bits per heavy atom. The Kier molecular flexibility index (Phi) is 8.05. The molecule has 162 valence electrons. The molecule has 1 aliphatic rings. The van der Waals surface area contributed by atoms with Gasteiger partial charge in [-0.25, -0.2) is 0 Å². The van der Waals surface area contributed by atoms with Gasteiger partial charge >= 0.3 is 6.18 Å². The molecular formula is C23H25ClF3NO2. The highest BCUT2D eigenvalue weighted by atomic mass is 35.5. The van der Waals surface area contributed by atoms with Gasteiger partial charge < -0.3 is 15.2 Å². The summed E-state index contributed by atoms with van der Waals surface area (Å²) in [6.45, 7) is 4.25. The molecule has 0 spiro atoms. The van der Waals surface area contributed by atoms with Gasteiger partial charge in [-0.1, -0.05) is 49.4 Å². The van der Waals surface area contributed by atoms with Crippen LogP contribution < -0.4 is 10.1 Å². The number of benzene rings is 2. The first-order chi connectivity index (χ1) is 14.2. The number of halogens is 4. The monoisotopic (exact) mass is 439 g/mol. The second-order valence-corrected chi connectivity index (χ2v) is 7.08. The fourth-order valence-electron chi connectivity index (χ4n) is 2.64. The van der Waals surface area contributed by atoms with Crippen LogP contribution in [0.25, 0.3) is 0 Å². The Bertz CT molecular complexity index is 899. The molecule has 1 saturated carbocycles. The van der Waals surface area contributed by atoms with Gasteiger partial charge in [0.2, 0.25) is 5.60 Å². The summed E-state index contributed by atoms with van der Waals surface area (Å²) in [6.07, 6.45) is -3.48. The molecule has 1 atom stereocenters. The summed E-state index contributed by atoms with van der Waals surface area (Å²) in [5, 5.41) is 13.6. The number of methoxy groups -OCH3 is 1. The number of aliphatic hydroxyl groups is 1. The summed E-state index contributed by atoms with van der Waals surface area (Å²) < 4.78 is 46.4. The van der Waals surface area contributed by atoms with Crippen LogP contribution in [-0.4, -0.2) is 18.4 Å². The van der Waals surface area contributed by atoms with Crippen LogP contribution in [0.1, 0.15) is 37.8 Å². The average molecular weight is 440 g/mol. The van der Waals surface area contributed by atoms with Crippen molar-refractivity contribution in [2.24, 2.45) is 5.92 Å². The predicted octanol–water partition coefficient (Wildman–Crippen LogP) is 6.15. The number of nitrogens with one attached hydrogen (secondary N) is 1. The molecule has 1 aliphatic carbocycles. The molecule has 0 amide bonds. The van der Waals surface area contributed by atoms with Gasteiger partial charge in [0.1, 0.15) is 5.75 Å². The second-order valence-electron chi connectivity index (χ2n) is 6.64. The van der Waals surface area contributed by atoms with Gasteiger partial charge in [0.05, 0.1) is 7.11 Å². The van der Waals surface area contributed by atoms with Crippen molar-refractivity contribution >= 4 is 17.3 Å². The van der Waals surface area contributed by atoms with Crippen molar-refractivity contribution in [1.82, 2.24) is 0 Å². The van der Waals surface area contributed by atoms with E-state index >= 15 is 0 Å². The Morgan fingerprint density at radius 3 is 2.30 bits per heavy atom. The predicted molar refractivity (Wildman–Crippen MR) is 114 cm³/mol. The lowest BCUT2D eigenvalue weighted by Crippen LogP contribution is -2.41. The first-order valence-electron chi connectivity index (χ1n) is 9.71. The van der Waals surface area contributed by atoms with Crippen LogP contribution in [0.3, 0.4) is 0 Å². The van der Waals surface area contributed by atoms with Gasteiger partial charge in [-0.3, -0.25) is 0 Å². The van der Waals surface area contributed by atoms with Crippen LogP contribution in [0.2, 0.25) is 5.02 Å². The zero-order valence-corrected chi connectivity index (χ0v) is 17.9. The molecule has 0 aromatic heterocycles. The van der Waals surface area contributed by atoms with E-state index in [2.05, 4.69) is 17.2 Å². The van der Waals surface area contributed by atoms with Gasteiger partial charge in [-0.2, -0.15) is 13.2 Å². The molecule has 3 rings (SSSR count). The number of anilines is 1. The van der Waals surface area contributed by atoms with E-state index in [0.29, 0.717) is 5.75 Å². The van der Waals surface area contributed by atoms with Crippen molar-refractivity contribution < 1.29 is 23.0 Å². The van der Waals surface area contributed by atoms with Crippen LogP contribution >= 0.6 is 11.6 Å². The van der Waals surface area contributed by atoms with Gasteiger partial charge in [0.15, 0.2) is 0 Å². The maximum absolute atomic E-state index is 13.8.